The highest BCUT2D eigenvalue weighted by Crippen LogP contribution is 2.24. The highest BCUT2D eigenvalue weighted by molar-refractivity contribution is 5.86. The molecule has 1 aromatic heterocycles. The first-order valence-corrected chi connectivity index (χ1v) is 6.68. The van der Waals surface area contributed by atoms with E-state index >= 15 is 0 Å². The summed E-state index contributed by atoms with van der Waals surface area (Å²) in [6, 6.07) is 21.1. The maximum Gasteiger partial charge on any atom is 0.374 e. The Morgan fingerprint density at radius 2 is 1.67 bits per heavy atom. The first-order valence-electron chi connectivity index (χ1n) is 6.68. The van der Waals surface area contributed by atoms with E-state index in [0.717, 1.165) is 16.7 Å². The Morgan fingerprint density at radius 3 is 2.43 bits per heavy atom. The van der Waals surface area contributed by atoms with Crippen molar-refractivity contribution in [3.8, 4) is 11.1 Å². The second-order valence-corrected chi connectivity index (χ2v) is 4.58. The fourth-order valence-corrected chi connectivity index (χ4v) is 2.15. The number of benzene rings is 2. The minimum atomic E-state index is -0.456. The third-order valence-corrected chi connectivity index (χ3v) is 3.18. The molecule has 0 fully saturated rings. The molecule has 3 nitrogen and oxygen atoms in total. The molecule has 0 atom stereocenters. The van der Waals surface area contributed by atoms with Gasteiger partial charge in [-0.25, -0.2) is 4.79 Å². The molecule has 0 aliphatic rings. The molecule has 3 aromatic rings. The van der Waals surface area contributed by atoms with Gasteiger partial charge in [0.2, 0.25) is 5.76 Å². The third kappa shape index (κ3) is 3.03. The van der Waals surface area contributed by atoms with Gasteiger partial charge >= 0.3 is 5.97 Å². The van der Waals surface area contributed by atoms with E-state index < -0.39 is 5.97 Å². The Balaban J connectivity index is 1.79. The first kappa shape index (κ1) is 13.2. The largest absolute Gasteiger partial charge is 0.457 e. The molecule has 0 aliphatic carbocycles. The molecule has 21 heavy (non-hydrogen) atoms. The molecule has 0 unspecified atom stereocenters. The predicted octanol–water partition coefficient (Wildman–Crippen LogP) is 4.30. The van der Waals surface area contributed by atoms with Crippen molar-refractivity contribution in [1.29, 1.82) is 0 Å². The maximum absolute atomic E-state index is 11.8. The van der Waals surface area contributed by atoms with Crippen molar-refractivity contribution in [2.24, 2.45) is 0 Å². The highest BCUT2D eigenvalue weighted by atomic mass is 16.5. The van der Waals surface area contributed by atoms with Crippen molar-refractivity contribution in [1.82, 2.24) is 0 Å². The summed E-state index contributed by atoms with van der Waals surface area (Å²) in [4.78, 5) is 11.8. The van der Waals surface area contributed by atoms with Crippen LogP contribution in [-0.2, 0) is 11.3 Å². The van der Waals surface area contributed by atoms with Crippen LogP contribution in [0.4, 0.5) is 0 Å². The van der Waals surface area contributed by atoms with Crippen molar-refractivity contribution in [2.75, 3.05) is 0 Å². The Bertz CT molecular complexity index is 715. The highest BCUT2D eigenvalue weighted by Gasteiger charge is 2.11. The molecule has 0 saturated heterocycles. The van der Waals surface area contributed by atoms with Gasteiger partial charge in [0.05, 0.1) is 6.26 Å². The summed E-state index contributed by atoms with van der Waals surface area (Å²) < 4.78 is 10.3. The standard InChI is InChI=1S/C18H14O3/c19-18(17-11-6-12-20-17)21-13-15-9-4-5-10-16(15)14-7-2-1-3-8-14/h1-12H,13H2. The molecule has 0 amide bonds. The summed E-state index contributed by atoms with van der Waals surface area (Å²) in [5.74, 6) is -0.241. The van der Waals surface area contributed by atoms with Gasteiger partial charge in [-0.3, -0.25) is 0 Å². The molecule has 2 aromatic carbocycles. The van der Waals surface area contributed by atoms with Crippen molar-refractivity contribution in [3.63, 3.8) is 0 Å². The fourth-order valence-electron chi connectivity index (χ4n) is 2.15. The molecule has 3 rings (SSSR count). The summed E-state index contributed by atoms with van der Waals surface area (Å²) >= 11 is 0. The lowest BCUT2D eigenvalue weighted by molar-refractivity contribution is 0.0437. The second-order valence-electron chi connectivity index (χ2n) is 4.58. The molecule has 104 valence electrons. The second kappa shape index (κ2) is 6.09. The molecule has 0 N–H and O–H groups in total. The number of ether oxygens (including phenoxy) is 1. The van der Waals surface area contributed by atoms with Crippen LogP contribution in [0.1, 0.15) is 16.1 Å². The zero-order valence-electron chi connectivity index (χ0n) is 11.4. The van der Waals surface area contributed by atoms with Crippen LogP contribution in [0.2, 0.25) is 0 Å². The summed E-state index contributed by atoms with van der Waals surface area (Å²) in [6.07, 6.45) is 1.45. The van der Waals surface area contributed by atoms with Crippen LogP contribution in [0.25, 0.3) is 11.1 Å². The van der Waals surface area contributed by atoms with E-state index in [-0.39, 0.29) is 12.4 Å². The van der Waals surface area contributed by atoms with Crippen molar-refractivity contribution < 1.29 is 13.9 Å². The molecular formula is C18H14O3. The number of carbonyl (C=O) groups is 1. The quantitative estimate of drug-likeness (QED) is 0.668. The normalized spacial score (nSPS) is 10.3. The van der Waals surface area contributed by atoms with E-state index in [0.29, 0.717) is 0 Å². The number of carbonyl (C=O) groups excluding carboxylic acids is 1. The lowest BCUT2D eigenvalue weighted by atomic mass is 10.0. The van der Waals surface area contributed by atoms with Gasteiger partial charge in [-0.2, -0.15) is 0 Å². The van der Waals surface area contributed by atoms with E-state index in [2.05, 4.69) is 0 Å². The monoisotopic (exact) mass is 278 g/mol. The summed E-state index contributed by atoms with van der Waals surface area (Å²) in [6.45, 7) is 0.213. The molecule has 0 spiro atoms. The van der Waals surface area contributed by atoms with Crippen LogP contribution in [-0.4, -0.2) is 5.97 Å². The lowest BCUT2D eigenvalue weighted by Crippen LogP contribution is -2.04. The summed E-state index contributed by atoms with van der Waals surface area (Å²) in [5, 5.41) is 0. The first-order chi connectivity index (χ1) is 10.3. The Labute approximate surface area is 122 Å². The topological polar surface area (TPSA) is 39.4 Å². The van der Waals surface area contributed by atoms with Gasteiger partial charge in [0.25, 0.3) is 0 Å². The van der Waals surface area contributed by atoms with Gasteiger partial charge in [0.15, 0.2) is 0 Å². The van der Waals surface area contributed by atoms with Crippen LogP contribution in [0, 0.1) is 0 Å². The molecule has 1 heterocycles. The van der Waals surface area contributed by atoms with Gasteiger partial charge in [-0.05, 0) is 28.8 Å². The zero-order valence-corrected chi connectivity index (χ0v) is 11.4. The number of esters is 1. The van der Waals surface area contributed by atoms with Gasteiger partial charge in [-0.15, -0.1) is 0 Å². The molecular weight excluding hydrogens is 264 g/mol. The number of rotatable bonds is 4. The van der Waals surface area contributed by atoms with Crippen LogP contribution in [0.3, 0.4) is 0 Å². The van der Waals surface area contributed by atoms with Crippen molar-refractivity contribution in [2.45, 2.75) is 6.61 Å². The predicted molar refractivity (Wildman–Crippen MR) is 79.7 cm³/mol. The SMILES string of the molecule is O=C(OCc1ccccc1-c1ccccc1)c1ccco1. The molecule has 0 aliphatic heterocycles. The van der Waals surface area contributed by atoms with Crippen molar-refractivity contribution in [3.05, 3.63) is 84.3 Å². The van der Waals surface area contributed by atoms with Gasteiger partial charge in [-0.1, -0.05) is 54.6 Å². The summed E-state index contributed by atoms with van der Waals surface area (Å²) in [7, 11) is 0. The van der Waals surface area contributed by atoms with Crippen LogP contribution in [0.5, 0.6) is 0 Å². The van der Waals surface area contributed by atoms with Crippen LogP contribution >= 0.6 is 0 Å². The maximum atomic E-state index is 11.8. The van der Waals surface area contributed by atoms with E-state index in [9.17, 15) is 4.79 Å². The lowest BCUT2D eigenvalue weighted by Gasteiger charge is -2.09. The Hall–Kier alpha value is -2.81. The number of furan rings is 1. The van der Waals surface area contributed by atoms with E-state index in [4.69, 9.17) is 9.15 Å². The molecule has 0 radical (unpaired) electrons. The Kier molecular flexibility index (Phi) is 3.83. The van der Waals surface area contributed by atoms with Gasteiger partial charge in [0, 0.05) is 0 Å². The van der Waals surface area contributed by atoms with E-state index in [1.165, 1.54) is 6.26 Å². The van der Waals surface area contributed by atoms with Gasteiger partial charge in [0.1, 0.15) is 6.61 Å². The molecule has 0 saturated carbocycles. The third-order valence-electron chi connectivity index (χ3n) is 3.18. The van der Waals surface area contributed by atoms with E-state index in [1.54, 1.807) is 12.1 Å². The smallest absolute Gasteiger partial charge is 0.374 e. The number of hydrogen-bond acceptors (Lipinski definition) is 3. The molecule has 0 bridgehead atoms. The minimum absolute atomic E-state index is 0.213. The number of hydrogen-bond donors (Lipinski definition) is 0. The molecule has 3 heteroatoms. The van der Waals surface area contributed by atoms with E-state index in [1.807, 2.05) is 54.6 Å². The van der Waals surface area contributed by atoms with Crippen molar-refractivity contribution >= 4 is 5.97 Å². The van der Waals surface area contributed by atoms with Gasteiger partial charge < -0.3 is 9.15 Å². The minimum Gasteiger partial charge on any atom is -0.457 e. The van der Waals surface area contributed by atoms with Crippen LogP contribution in [0.15, 0.2) is 77.4 Å². The zero-order chi connectivity index (χ0) is 14.5. The summed E-state index contributed by atoms with van der Waals surface area (Å²) in [5.41, 5.74) is 3.12. The average Bonchev–Trinajstić information content (AvgIpc) is 3.08. The van der Waals surface area contributed by atoms with Crippen LogP contribution < -0.4 is 0 Å². The Morgan fingerprint density at radius 1 is 0.905 bits per heavy atom. The fraction of sp³-hybridized carbons (Fsp3) is 0.0556. The average molecular weight is 278 g/mol.